The Morgan fingerprint density at radius 2 is 0.653 bits per heavy atom. The van der Waals surface area contributed by atoms with Crippen LogP contribution in [-0.2, 0) is 101 Å². The minimum Gasteiger partial charge on any atom is -0.378 e. The van der Waals surface area contributed by atoms with Crippen LogP contribution in [0.15, 0.2) is 195 Å². The number of alkyl halides is 9. The van der Waals surface area contributed by atoms with Crippen LogP contribution in [-0.4, -0.2) is 220 Å². The second-order valence-electron chi connectivity index (χ2n) is 35.2. The first-order chi connectivity index (χ1) is 70.5. The zero-order valence-corrected chi connectivity index (χ0v) is 77.1. The summed E-state index contributed by atoms with van der Waals surface area (Å²) in [4.78, 5) is 146. The number of halogens is 13. The molecule has 6 aliphatic heterocycles. The number of fused-ring (bicyclic) bond motifs is 8. The van der Waals surface area contributed by atoms with Crippen molar-refractivity contribution in [1.82, 2.24) is 119 Å². The predicted octanol–water partition coefficient (Wildman–Crippen LogP) is 11.6. The molecule has 0 saturated carbocycles. The van der Waals surface area contributed by atoms with Crippen molar-refractivity contribution in [3.63, 3.8) is 0 Å². The number of morpholine rings is 1. The van der Waals surface area contributed by atoms with Gasteiger partial charge in [0.2, 0.25) is 11.6 Å². The minimum absolute atomic E-state index is 0.00851. The van der Waals surface area contributed by atoms with Crippen molar-refractivity contribution in [1.29, 1.82) is 0 Å². The molecule has 0 radical (unpaired) electrons. The minimum atomic E-state index is -4.81. The summed E-state index contributed by atoms with van der Waals surface area (Å²) in [6.45, 7) is 1.43. The van der Waals surface area contributed by atoms with E-state index in [1.165, 1.54) is 67.0 Å². The van der Waals surface area contributed by atoms with Gasteiger partial charge in [0, 0.05) is 119 Å². The van der Waals surface area contributed by atoms with Gasteiger partial charge in [-0.15, -0.1) is 15.3 Å². The van der Waals surface area contributed by atoms with E-state index >= 15 is 0 Å². The van der Waals surface area contributed by atoms with Crippen LogP contribution >= 0.6 is 0 Å². The maximum absolute atomic E-state index is 15.0. The van der Waals surface area contributed by atoms with Crippen LogP contribution in [0, 0.1) is 23.3 Å². The van der Waals surface area contributed by atoms with Gasteiger partial charge in [-0.25, -0.2) is 57.6 Å². The molecule has 4 N–H and O–H groups in total. The zero-order valence-electron chi connectivity index (χ0n) is 77.1. The standard InChI is InChI=1S/C28H24F4N6O4.C28H24F4N6O3.C22H16F4N6O2.C21H17FN6O2/c29-20-6-5-16(14-21-17-3-1-2-4-18(17)24(39)35-34-21)13-19(20)25(40)37-7-8-38-22(15-37)23(33-27(38)28(30,31)32)26(41)36-9-11-42-12-10-36;29-20-8-7-16(14-21-17-5-1-2-6-18(17)24(39)35-34-21)13-19(20)25(40)37-11-12-38-22(15-37)23(33-27(38)28(30,31)32)26(41)36-9-3-4-10-36;23-16-6-5-12(10-17-13-3-1-2-4-14(13)19(33)29-28-17)9-15(16)20(34)31-7-8-32-18(11-31)27-21(30-32)22(24,25)26;22-17-6-5-13(10-18-14-3-1-2-4-15(14)20(29)26-24-18)9-16(17)21(30)27-7-8-28-12-23-25-19(28)11-27/h1-6,13H,7-12,14-15H2,(H,35,39);1-2,5-8,13H,3-4,9-12,14-15H2,(H,35,39);1-6,9H,7-8,10-11H2,(H,29,33);1-6,9,12H,7-8,10-11H2,(H,26,29). The van der Waals surface area contributed by atoms with E-state index in [9.17, 15) is 105 Å². The quantitative estimate of drug-likeness (QED) is 0.0735. The van der Waals surface area contributed by atoms with Crippen LogP contribution in [0.4, 0.5) is 57.1 Å². The zero-order chi connectivity index (χ0) is 103. The summed E-state index contributed by atoms with van der Waals surface area (Å²) < 4.78 is 191. The van der Waals surface area contributed by atoms with E-state index in [2.05, 4.69) is 71.0 Å². The van der Waals surface area contributed by atoms with Gasteiger partial charge in [-0.1, -0.05) is 97.1 Å². The molecule has 16 aromatic rings. The van der Waals surface area contributed by atoms with Gasteiger partial charge in [-0.2, -0.15) is 59.9 Å². The lowest BCUT2D eigenvalue weighted by molar-refractivity contribution is -0.148. The molecule has 8 aromatic carbocycles. The molecule has 0 atom stereocenters. The number of H-pyrrole nitrogens is 4. The molecule has 754 valence electrons. The van der Waals surface area contributed by atoms with E-state index in [1.54, 1.807) is 108 Å². The van der Waals surface area contributed by atoms with Gasteiger partial charge < -0.3 is 47.8 Å². The Morgan fingerprint density at radius 3 is 1.00 bits per heavy atom. The number of rotatable bonds is 14. The Bertz CT molecular complexity index is 8180. The number of amides is 6. The first kappa shape index (κ1) is 98.7. The highest BCUT2D eigenvalue weighted by atomic mass is 19.4. The van der Waals surface area contributed by atoms with E-state index in [4.69, 9.17) is 4.74 Å². The summed E-state index contributed by atoms with van der Waals surface area (Å²) in [6, 6.07) is 44.4. The fourth-order valence-corrected chi connectivity index (χ4v) is 18.6. The highest BCUT2D eigenvalue weighted by Gasteiger charge is 2.46. The summed E-state index contributed by atoms with van der Waals surface area (Å²) in [5.74, 6) is -9.73. The summed E-state index contributed by atoms with van der Waals surface area (Å²) in [5, 5.41) is 42.1. The maximum atomic E-state index is 15.0. The second kappa shape index (κ2) is 40.6. The normalized spacial score (nSPS) is 14.7. The monoisotopic (exact) mass is 2030 g/mol. The van der Waals surface area contributed by atoms with Gasteiger partial charge in [-0.3, -0.25) is 47.9 Å². The molecule has 35 nitrogen and oxygen atoms in total. The number of benzene rings is 8. The number of imidazole rings is 2. The summed E-state index contributed by atoms with van der Waals surface area (Å²) in [7, 11) is 0. The first-order valence-corrected chi connectivity index (χ1v) is 46.1. The smallest absolute Gasteiger partial charge is 0.378 e. The van der Waals surface area contributed by atoms with E-state index in [0.717, 1.165) is 55.8 Å². The van der Waals surface area contributed by atoms with Crippen molar-refractivity contribution in [3.8, 4) is 0 Å². The number of nitrogens with zero attached hydrogens (tertiary/aromatic N) is 20. The van der Waals surface area contributed by atoms with Crippen LogP contribution in [0.2, 0.25) is 0 Å². The number of aromatic nitrogens is 18. The lowest BCUT2D eigenvalue weighted by Gasteiger charge is -2.31. The van der Waals surface area contributed by atoms with Crippen LogP contribution in [0.1, 0.15) is 161 Å². The molecule has 147 heavy (non-hydrogen) atoms. The number of likely N-dealkylation sites (tertiary alicyclic amines) is 1. The van der Waals surface area contributed by atoms with E-state index in [0.29, 0.717) is 116 Å². The molecule has 8 aromatic heterocycles. The fourth-order valence-electron chi connectivity index (χ4n) is 18.6. The average molecular weight is 2030 g/mol. The first-order valence-electron chi connectivity index (χ1n) is 46.1. The number of nitrogens with one attached hydrogen (secondary N) is 4. The molecule has 6 amide bonds. The summed E-state index contributed by atoms with van der Waals surface area (Å²) in [6.07, 6.45) is -10.2. The molecule has 0 bridgehead atoms. The van der Waals surface area contributed by atoms with Crippen molar-refractivity contribution >= 4 is 78.5 Å². The molecule has 0 spiro atoms. The largest absolute Gasteiger partial charge is 0.453 e. The second-order valence-corrected chi connectivity index (χ2v) is 35.2. The highest BCUT2D eigenvalue weighted by molar-refractivity contribution is 5.99. The number of hydrogen-bond acceptors (Lipinski definition) is 21. The molecule has 2 saturated heterocycles. The van der Waals surface area contributed by atoms with Gasteiger partial charge in [0.1, 0.15) is 35.4 Å². The molecular formula is C99H81F13N24O11. The molecule has 14 heterocycles. The number of hydrogen-bond donors (Lipinski definition) is 4. The lowest BCUT2D eigenvalue weighted by atomic mass is 10.0. The SMILES string of the molecule is O=C(c1cc(Cc2n[nH]c(=O)c3ccccc23)ccc1F)N1CCn2c(C(F)(F)F)nc(C(=O)N3CCCC3)c2C1.O=C(c1cc(Cc2n[nH]c(=O)c3ccccc23)ccc1F)N1CCn2c(C(F)(F)F)nc(C(=O)N3CCOCC3)c2C1.O=C(c1cc(Cc2n[nH]c(=O)c3ccccc23)ccc1F)N1CCn2cnnc2C1.O=C(c1cc(Cc2n[nH]c(=O)c3ccccc23)ccc1F)N1CCn2nc(C(F)(F)F)nc2C1. The van der Waals surface area contributed by atoms with E-state index in [-0.39, 0.29) is 190 Å². The average Bonchev–Trinajstić information content (AvgIpc) is 1.62. The van der Waals surface area contributed by atoms with Crippen molar-refractivity contribution in [2.75, 3.05) is 65.6 Å². The Balaban J connectivity index is 0.000000124. The van der Waals surface area contributed by atoms with Gasteiger partial charge in [0.15, 0.2) is 17.2 Å². The fraction of sp³-hybridized carbons (Fsp3) is 0.273. The van der Waals surface area contributed by atoms with Crippen molar-refractivity contribution < 1.29 is 90.6 Å². The van der Waals surface area contributed by atoms with Gasteiger partial charge >= 0.3 is 18.5 Å². The number of ether oxygens (including phenoxy) is 1. The highest BCUT2D eigenvalue weighted by Crippen LogP contribution is 2.38. The third kappa shape index (κ3) is 20.5. The van der Waals surface area contributed by atoms with Crippen molar-refractivity contribution in [2.24, 2.45) is 0 Å². The number of aromatic amines is 4. The van der Waals surface area contributed by atoms with Crippen LogP contribution in [0.5, 0.6) is 0 Å². The number of carbonyl (C=O) groups excluding carboxylic acids is 6. The van der Waals surface area contributed by atoms with Crippen LogP contribution in [0.25, 0.3) is 43.1 Å². The van der Waals surface area contributed by atoms with Gasteiger partial charge in [0.05, 0.1) is 124 Å². The van der Waals surface area contributed by atoms with Gasteiger partial charge in [0.25, 0.3) is 63.5 Å². The molecule has 6 aliphatic rings. The predicted molar refractivity (Wildman–Crippen MR) is 497 cm³/mol. The molecular weight excluding hydrogens is 1950 g/mol. The molecule has 0 aliphatic carbocycles. The third-order valence-electron chi connectivity index (χ3n) is 26.0. The summed E-state index contributed by atoms with van der Waals surface area (Å²) >= 11 is 0. The Kier molecular flexibility index (Phi) is 27.2. The third-order valence-corrected chi connectivity index (χ3v) is 26.0. The Morgan fingerprint density at radius 1 is 0.333 bits per heavy atom. The molecule has 22 rings (SSSR count). The van der Waals surface area contributed by atoms with Crippen molar-refractivity contribution in [3.05, 3.63) is 360 Å². The topological polar surface area (TPSA) is 411 Å². The maximum Gasteiger partial charge on any atom is 0.453 e. The Labute approximate surface area is 819 Å². The van der Waals surface area contributed by atoms with Crippen molar-refractivity contribution in [2.45, 2.75) is 109 Å². The summed E-state index contributed by atoms with van der Waals surface area (Å²) in [5.41, 5.74) is 1.81. The van der Waals surface area contributed by atoms with E-state index in [1.807, 2.05) is 16.7 Å². The Hall–Kier alpha value is -17.1. The van der Waals surface area contributed by atoms with Crippen LogP contribution in [0.3, 0.4) is 0 Å². The molecule has 2 fully saturated rings. The van der Waals surface area contributed by atoms with E-state index < -0.39 is 88.8 Å². The number of carbonyl (C=O) groups is 6. The molecule has 48 heteroatoms. The lowest BCUT2D eigenvalue weighted by Crippen LogP contribution is -2.43. The van der Waals surface area contributed by atoms with Gasteiger partial charge in [-0.05, 0) is 108 Å². The van der Waals surface area contributed by atoms with Crippen LogP contribution < -0.4 is 22.2 Å². The molecule has 0 unspecified atom stereocenters.